The molecule has 0 spiro atoms. The topological polar surface area (TPSA) is 83.1 Å². The molecule has 0 saturated heterocycles. The molecular weight excluding hydrogens is 442 g/mol. The summed E-state index contributed by atoms with van der Waals surface area (Å²) < 4.78 is 22.7. The fourth-order valence-corrected chi connectivity index (χ4v) is 4.37. The summed E-state index contributed by atoms with van der Waals surface area (Å²) in [7, 11) is 0. The molecule has 1 amide bonds. The van der Waals surface area contributed by atoms with Gasteiger partial charge in [0.15, 0.2) is 17.6 Å². The first-order valence-corrected chi connectivity index (χ1v) is 11.7. The average molecular weight is 468 g/mol. The molecule has 1 aliphatic heterocycles. The number of para-hydroxylation sites is 2. The third-order valence-corrected chi connectivity index (χ3v) is 5.88. The van der Waals surface area contributed by atoms with Crippen molar-refractivity contribution in [1.82, 2.24) is 0 Å². The molecule has 8 heteroatoms. The van der Waals surface area contributed by atoms with Gasteiger partial charge < -0.3 is 24.3 Å². The lowest BCUT2D eigenvalue weighted by Gasteiger charge is -2.26. The summed E-state index contributed by atoms with van der Waals surface area (Å²) in [5.41, 5.74) is 1.35. The number of fused-ring (bicyclic) bond motifs is 1. The summed E-state index contributed by atoms with van der Waals surface area (Å²) in [6.07, 6.45) is 0.400. The van der Waals surface area contributed by atoms with Crippen LogP contribution >= 0.6 is 11.3 Å². The van der Waals surface area contributed by atoms with Gasteiger partial charge in [-0.1, -0.05) is 19.1 Å². The van der Waals surface area contributed by atoms with Crippen molar-refractivity contribution < 1.29 is 28.5 Å². The van der Waals surface area contributed by atoms with Gasteiger partial charge in [-0.3, -0.25) is 4.79 Å². The second-order valence-electron chi connectivity index (χ2n) is 7.31. The molecule has 1 aliphatic rings. The maximum atomic E-state index is 12.9. The lowest BCUT2D eigenvalue weighted by Crippen LogP contribution is -2.24. The monoisotopic (exact) mass is 467 g/mol. The molecule has 1 unspecified atom stereocenters. The van der Waals surface area contributed by atoms with Crippen molar-refractivity contribution in [3.63, 3.8) is 0 Å². The maximum absolute atomic E-state index is 12.9. The molecule has 1 N–H and O–H groups in total. The van der Waals surface area contributed by atoms with Crippen LogP contribution in [-0.2, 0) is 4.74 Å². The quantitative estimate of drug-likeness (QED) is 0.442. The van der Waals surface area contributed by atoms with Crippen molar-refractivity contribution >= 4 is 28.2 Å². The van der Waals surface area contributed by atoms with Crippen LogP contribution in [0.5, 0.6) is 17.2 Å². The van der Waals surface area contributed by atoms with E-state index in [2.05, 4.69) is 5.32 Å². The Hall–Kier alpha value is -3.52. The standard InChI is InChI=1S/C25H25NO6S/c1-3-13-30-17-11-9-16(10-12-17)23(27)26-24-22(25(28)29-4-2)18(15-33-24)21-14-31-19-7-5-6-8-20(19)32-21/h5-12,15,21H,3-4,13-14H2,1-2H3,(H,26,27). The molecule has 0 radical (unpaired) electrons. The van der Waals surface area contributed by atoms with Crippen LogP contribution in [0.15, 0.2) is 53.9 Å². The van der Waals surface area contributed by atoms with Crippen LogP contribution < -0.4 is 19.5 Å². The van der Waals surface area contributed by atoms with E-state index in [0.29, 0.717) is 40.0 Å². The zero-order valence-electron chi connectivity index (χ0n) is 18.5. The lowest BCUT2D eigenvalue weighted by atomic mass is 10.1. The minimum absolute atomic E-state index is 0.214. The Kier molecular flexibility index (Phi) is 7.14. The Bertz CT molecular complexity index is 1120. The average Bonchev–Trinajstić information content (AvgIpc) is 3.26. The highest BCUT2D eigenvalue weighted by Gasteiger charge is 2.31. The highest BCUT2D eigenvalue weighted by atomic mass is 32.1. The molecule has 0 fully saturated rings. The van der Waals surface area contributed by atoms with Crippen LogP contribution in [-0.4, -0.2) is 31.7 Å². The van der Waals surface area contributed by atoms with Crippen molar-refractivity contribution in [2.24, 2.45) is 0 Å². The maximum Gasteiger partial charge on any atom is 0.341 e. The molecule has 3 aromatic rings. The summed E-state index contributed by atoms with van der Waals surface area (Å²) >= 11 is 1.25. The van der Waals surface area contributed by atoms with Crippen LogP contribution in [0.25, 0.3) is 0 Å². The number of ether oxygens (including phenoxy) is 4. The molecule has 0 aliphatic carbocycles. The summed E-state index contributed by atoms with van der Waals surface area (Å²) in [6.45, 7) is 4.84. The first kappa shape index (κ1) is 22.7. The van der Waals surface area contributed by atoms with Crippen LogP contribution in [0.1, 0.15) is 52.7 Å². The Morgan fingerprint density at radius 2 is 1.85 bits per heavy atom. The summed E-state index contributed by atoms with van der Waals surface area (Å²) in [4.78, 5) is 25.7. The van der Waals surface area contributed by atoms with Crippen molar-refractivity contribution in [2.45, 2.75) is 26.4 Å². The number of hydrogen-bond acceptors (Lipinski definition) is 7. The van der Waals surface area contributed by atoms with Crippen LogP contribution in [0.2, 0.25) is 0 Å². The second-order valence-corrected chi connectivity index (χ2v) is 8.19. The normalized spacial score (nSPS) is 14.4. The molecule has 172 valence electrons. The van der Waals surface area contributed by atoms with Gasteiger partial charge in [-0.05, 0) is 49.7 Å². The molecule has 2 aromatic carbocycles. The summed E-state index contributed by atoms with van der Waals surface area (Å²) in [5, 5.41) is 5.05. The molecular formula is C25H25NO6S. The largest absolute Gasteiger partial charge is 0.494 e. The van der Waals surface area contributed by atoms with E-state index in [9.17, 15) is 9.59 Å². The van der Waals surface area contributed by atoms with Gasteiger partial charge >= 0.3 is 5.97 Å². The number of anilines is 1. The molecule has 1 aromatic heterocycles. The Morgan fingerprint density at radius 1 is 1.09 bits per heavy atom. The fraction of sp³-hybridized carbons (Fsp3) is 0.280. The predicted molar refractivity (Wildman–Crippen MR) is 126 cm³/mol. The number of hydrogen-bond donors (Lipinski definition) is 1. The molecule has 4 rings (SSSR count). The van der Waals surface area contributed by atoms with E-state index in [4.69, 9.17) is 18.9 Å². The molecule has 0 saturated carbocycles. The van der Waals surface area contributed by atoms with Crippen LogP contribution in [0, 0.1) is 0 Å². The van der Waals surface area contributed by atoms with E-state index in [1.807, 2.05) is 31.2 Å². The van der Waals surface area contributed by atoms with Gasteiger partial charge in [0.25, 0.3) is 5.91 Å². The summed E-state index contributed by atoms with van der Waals surface area (Å²) in [6, 6.07) is 14.2. The smallest absolute Gasteiger partial charge is 0.341 e. The molecule has 33 heavy (non-hydrogen) atoms. The van der Waals surface area contributed by atoms with Gasteiger partial charge in [0, 0.05) is 16.5 Å². The molecule has 1 atom stereocenters. The van der Waals surface area contributed by atoms with E-state index in [1.54, 1.807) is 36.6 Å². The van der Waals surface area contributed by atoms with E-state index in [1.165, 1.54) is 11.3 Å². The number of amides is 1. The first-order chi connectivity index (χ1) is 16.1. The van der Waals surface area contributed by atoms with Gasteiger partial charge in [0.2, 0.25) is 0 Å². The van der Waals surface area contributed by atoms with Crippen LogP contribution in [0.4, 0.5) is 5.00 Å². The summed E-state index contributed by atoms with van der Waals surface area (Å²) in [5.74, 6) is 1.11. The molecule has 2 heterocycles. The number of benzene rings is 2. The van der Waals surface area contributed by atoms with Gasteiger partial charge in [0.1, 0.15) is 22.9 Å². The minimum Gasteiger partial charge on any atom is -0.494 e. The van der Waals surface area contributed by atoms with E-state index in [-0.39, 0.29) is 24.7 Å². The molecule has 7 nitrogen and oxygen atoms in total. The molecule has 0 bridgehead atoms. The third kappa shape index (κ3) is 5.12. The number of carbonyl (C=O) groups is 2. The highest BCUT2D eigenvalue weighted by Crippen LogP contribution is 2.40. The van der Waals surface area contributed by atoms with E-state index in [0.717, 1.165) is 6.42 Å². The van der Waals surface area contributed by atoms with Gasteiger partial charge in [0.05, 0.1) is 13.2 Å². The number of carbonyl (C=O) groups excluding carboxylic acids is 2. The Balaban J connectivity index is 1.56. The van der Waals surface area contributed by atoms with Crippen molar-refractivity contribution in [2.75, 3.05) is 25.1 Å². The van der Waals surface area contributed by atoms with Crippen molar-refractivity contribution in [3.05, 3.63) is 70.6 Å². The second kappa shape index (κ2) is 10.4. The number of nitrogens with one attached hydrogen (secondary N) is 1. The zero-order chi connectivity index (χ0) is 23.2. The number of thiophene rings is 1. The lowest BCUT2D eigenvalue weighted by molar-refractivity contribution is 0.0513. The Morgan fingerprint density at radius 3 is 2.58 bits per heavy atom. The number of rotatable bonds is 8. The van der Waals surface area contributed by atoms with E-state index < -0.39 is 12.1 Å². The van der Waals surface area contributed by atoms with Crippen molar-refractivity contribution in [1.29, 1.82) is 0 Å². The van der Waals surface area contributed by atoms with E-state index >= 15 is 0 Å². The fourth-order valence-electron chi connectivity index (χ4n) is 3.38. The number of esters is 1. The zero-order valence-corrected chi connectivity index (χ0v) is 19.3. The van der Waals surface area contributed by atoms with Gasteiger partial charge in [-0.25, -0.2) is 4.79 Å². The minimum atomic E-state index is -0.519. The van der Waals surface area contributed by atoms with Gasteiger partial charge in [-0.2, -0.15) is 0 Å². The van der Waals surface area contributed by atoms with Gasteiger partial charge in [-0.15, -0.1) is 11.3 Å². The van der Waals surface area contributed by atoms with Crippen molar-refractivity contribution in [3.8, 4) is 17.2 Å². The SMILES string of the molecule is CCCOc1ccc(C(=O)Nc2scc(C3COc4ccccc4O3)c2C(=O)OCC)cc1. The highest BCUT2D eigenvalue weighted by molar-refractivity contribution is 7.15. The third-order valence-electron chi connectivity index (χ3n) is 4.97. The Labute approximate surface area is 196 Å². The first-order valence-electron chi connectivity index (χ1n) is 10.8. The van der Waals surface area contributed by atoms with Crippen LogP contribution in [0.3, 0.4) is 0 Å². The predicted octanol–water partition coefficient (Wildman–Crippen LogP) is 5.48.